The van der Waals surface area contributed by atoms with Gasteiger partial charge in [-0.2, -0.15) is 0 Å². The van der Waals surface area contributed by atoms with Crippen molar-refractivity contribution >= 4 is 16.8 Å². The van der Waals surface area contributed by atoms with E-state index in [1.165, 1.54) is 16.3 Å². The molecule has 0 radical (unpaired) electrons. The molecule has 0 aliphatic heterocycles. The van der Waals surface area contributed by atoms with Crippen LogP contribution in [0, 0.1) is 0 Å². The van der Waals surface area contributed by atoms with Gasteiger partial charge in [-0.05, 0) is 29.3 Å². The highest BCUT2D eigenvalue weighted by Crippen LogP contribution is 2.19. The Hall–Kier alpha value is -1.60. The summed E-state index contributed by atoms with van der Waals surface area (Å²) in [6, 6.07) is 14.8. The van der Waals surface area contributed by atoms with Crippen LogP contribution in [0.5, 0.6) is 0 Å². The third-order valence-electron chi connectivity index (χ3n) is 2.45. The van der Waals surface area contributed by atoms with E-state index in [1.54, 1.807) is 0 Å². The van der Waals surface area contributed by atoms with Crippen molar-refractivity contribution in [3.63, 3.8) is 0 Å². The molecule has 0 aliphatic carbocycles. The van der Waals surface area contributed by atoms with Gasteiger partial charge in [-0.3, -0.25) is 0 Å². The van der Waals surface area contributed by atoms with Crippen LogP contribution in [-0.2, 0) is 0 Å². The second-order valence-corrected chi connectivity index (χ2v) is 3.55. The first kappa shape index (κ1) is 9.94. The molecular weight excluding hydrogens is 182 g/mol. The molecule has 2 aromatic rings. The summed E-state index contributed by atoms with van der Waals surface area (Å²) in [5.41, 5.74) is 6.72. The Morgan fingerprint density at radius 3 is 2.67 bits per heavy atom. The Labute approximate surface area is 90.2 Å². The molecular formula is C14H15N. The molecule has 2 aromatic carbocycles. The summed E-state index contributed by atoms with van der Waals surface area (Å²) in [6.45, 7) is 0.710. The van der Waals surface area contributed by atoms with Gasteiger partial charge in [0, 0.05) is 0 Å². The zero-order chi connectivity index (χ0) is 10.5. The normalized spacial score (nSPS) is 11.3. The minimum absolute atomic E-state index is 0.710. The minimum Gasteiger partial charge on any atom is -0.330 e. The standard InChI is InChI=1S/C14H15N/c15-11-4-3-7-13-9-5-8-12-6-1-2-10-14(12)13/h1-3,5-10H,4,11,15H2. The van der Waals surface area contributed by atoms with Crippen LogP contribution in [0.1, 0.15) is 12.0 Å². The lowest BCUT2D eigenvalue weighted by atomic mass is 10.0. The summed E-state index contributed by atoms with van der Waals surface area (Å²) < 4.78 is 0. The van der Waals surface area contributed by atoms with E-state index in [2.05, 4.69) is 54.6 Å². The van der Waals surface area contributed by atoms with Crippen molar-refractivity contribution < 1.29 is 0 Å². The van der Waals surface area contributed by atoms with Gasteiger partial charge in [0.25, 0.3) is 0 Å². The smallest absolute Gasteiger partial charge is 0.00425 e. The molecule has 0 spiro atoms. The lowest BCUT2D eigenvalue weighted by Crippen LogP contribution is -1.94. The Balaban J connectivity index is 2.42. The largest absolute Gasteiger partial charge is 0.330 e. The van der Waals surface area contributed by atoms with Crippen LogP contribution in [0.25, 0.3) is 16.8 Å². The van der Waals surface area contributed by atoms with Gasteiger partial charge in [0.05, 0.1) is 0 Å². The molecule has 0 fully saturated rings. The van der Waals surface area contributed by atoms with Crippen molar-refractivity contribution in [1.82, 2.24) is 0 Å². The van der Waals surface area contributed by atoms with Crippen molar-refractivity contribution in [1.29, 1.82) is 0 Å². The molecule has 2 N–H and O–H groups in total. The van der Waals surface area contributed by atoms with Crippen LogP contribution in [0.3, 0.4) is 0 Å². The quantitative estimate of drug-likeness (QED) is 0.803. The first-order valence-corrected chi connectivity index (χ1v) is 5.26. The maximum atomic E-state index is 5.45. The third-order valence-corrected chi connectivity index (χ3v) is 2.45. The minimum atomic E-state index is 0.710. The zero-order valence-electron chi connectivity index (χ0n) is 8.69. The summed E-state index contributed by atoms with van der Waals surface area (Å²) in [4.78, 5) is 0. The van der Waals surface area contributed by atoms with E-state index in [0.717, 1.165) is 6.42 Å². The molecule has 0 unspecified atom stereocenters. The lowest BCUT2D eigenvalue weighted by Gasteiger charge is -2.01. The molecule has 0 atom stereocenters. The average Bonchev–Trinajstić information content (AvgIpc) is 2.30. The number of benzene rings is 2. The predicted octanol–water partition coefficient (Wildman–Crippen LogP) is 3.20. The summed E-state index contributed by atoms with van der Waals surface area (Å²) >= 11 is 0. The highest BCUT2D eigenvalue weighted by atomic mass is 14.5. The van der Waals surface area contributed by atoms with E-state index in [9.17, 15) is 0 Å². The van der Waals surface area contributed by atoms with E-state index in [-0.39, 0.29) is 0 Å². The maximum absolute atomic E-state index is 5.45. The molecule has 0 aromatic heterocycles. The van der Waals surface area contributed by atoms with Gasteiger partial charge in [0.15, 0.2) is 0 Å². The van der Waals surface area contributed by atoms with Crippen LogP contribution in [0.4, 0.5) is 0 Å². The topological polar surface area (TPSA) is 26.0 Å². The maximum Gasteiger partial charge on any atom is -0.00425 e. The molecule has 0 heterocycles. The summed E-state index contributed by atoms with van der Waals surface area (Å²) in [6.07, 6.45) is 5.21. The van der Waals surface area contributed by atoms with Crippen molar-refractivity contribution in [2.75, 3.05) is 6.54 Å². The molecule has 0 bridgehead atoms. The summed E-state index contributed by atoms with van der Waals surface area (Å²) in [5.74, 6) is 0. The first-order valence-electron chi connectivity index (χ1n) is 5.26. The van der Waals surface area contributed by atoms with Gasteiger partial charge >= 0.3 is 0 Å². The van der Waals surface area contributed by atoms with E-state index in [4.69, 9.17) is 5.73 Å². The SMILES string of the molecule is NCCC=Cc1cccc2ccccc12. The second-order valence-electron chi connectivity index (χ2n) is 3.55. The Morgan fingerprint density at radius 1 is 1.00 bits per heavy atom. The van der Waals surface area contributed by atoms with E-state index >= 15 is 0 Å². The van der Waals surface area contributed by atoms with Gasteiger partial charge in [0.2, 0.25) is 0 Å². The Kier molecular flexibility index (Phi) is 3.15. The number of nitrogens with two attached hydrogens (primary N) is 1. The van der Waals surface area contributed by atoms with Crippen LogP contribution >= 0.6 is 0 Å². The van der Waals surface area contributed by atoms with E-state index in [1.807, 2.05) is 0 Å². The molecule has 0 aliphatic rings. The van der Waals surface area contributed by atoms with Gasteiger partial charge < -0.3 is 5.73 Å². The average molecular weight is 197 g/mol. The van der Waals surface area contributed by atoms with Gasteiger partial charge in [-0.15, -0.1) is 0 Å². The van der Waals surface area contributed by atoms with Crippen molar-refractivity contribution in [3.05, 3.63) is 54.1 Å². The van der Waals surface area contributed by atoms with Gasteiger partial charge in [0.1, 0.15) is 0 Å². The van der Waals surface area contributed by atoms with Crippen molar-refractivity contribution in [2.45, 2.75) is 6.42 Å². The molecule has 2 rings (SSSR count). The summed E-state index contributed by atoms with van der Waals surface area (Å²) in [5, 5.41) is 2.58. The zero-order valence-corrected chi connectivity index (χ0v) is 8.69. The Bertz CT molecular complexity index is 466. The fourth-order valence-electron chi connectivity index (χ4n) is 1.70. The fraction of sp³-hybridized carbons (Fsp3) is 0.143. The molecule has 1 nitrogen and oxygen atoms in total. The number of rotatable bonds is 3. The van der Waals surface area contributed by atoms with Gasteiger partial charge in [-0.25, -0.2) is 0 Å². The van der Waals surface area contributed by atoms with E-state index < -0.39 is 0 Å². The number of hydrogen-bond donors (Lipinski definition) is 1. The predicted molar refractivity (Wildman–Crippen MR) is 66.7 cm³/mol. The second kappa shape index (κ2) is 4.76. The molecule has 15 heavy (non-hydrogen) atoms. The molecule has 0 amide bonds. The monoisotopic (exact) mass is 197 g/mol. The first-order chi connectivity index (χ1) is 7.42. The molecule has 76 valence electrons. The van der Waals surface area contributed by atoms with Crippen LogP contribution in [0.15, 0.2) is 48.5 Å². The van der Waals surface area contributed by atoms with Crippen molar-refractivity contribution in [2.24, 2.45) is 5.73 Å². The van der Waals surface area contributed by atoms with E-state index in [0.29, 0.717) is 6.54 Å². The summed E-state index contributed by atoms with van der Waals surface area (Å²) in [7, 11) is 0. The van der Waals surface area contributed by atoms with Crippen LogP contribution < -0.4 is 5.73 Å². The van der Waals surface area contributed by atoms with Crippen molar-refractivity contribution in [3.8, 4) is 0 Å². The lowest BCUT2D eigenvalue weighted by molar-refractivity contribution is 1.01. The Morgan fingerprint density at radius 2 is 1.80 bits per heavy atom. The number of hydrogen-bond acceptors (Lipinski definition) is 1. The number of fused-ring (bicyclic) bond motifs is 1. The molecule has 0 saturated heterocycles. The van der Waals surface area contributed by atoms with Gasteiger partial charge in [-0.1, -0.05) is 54.6 Å². The van der Waals surface area contributed by atoms with Crippen LogP contribution in [0.2, 0.25) is 0 Å². The highest BCUT2D eigenvalue weighted by molar-refractivity contribution is 5.90. The molecule has 1 heteroatoms. The third kappa shape index (κ3) is 2.25. The fourth-order valence-corrected chi connectivity index (χ4v) is 1.70. The highest BCUT2D eigenvalue weighted by Gasteiger charge is 1.95. The molecule has 0 saturated carbocycles. The van der Waals surface area contributed by atoms with Crippen LogP contribution in [-0.4, -0.2) is 6.54 Å².